The SMILES string of the molecule is CC(CNC(=O)[C@H](C)N)Oc1ccccc1F.Cl. The number of hydrogen-bond donors (Lipinski definition) is 2. The van der Waals surface area contributed by atoms with E-state index in [4.69, 9.17) is 10.5 Å². The molecule has 0 aliphatic heterocycles. The van der Waals surface area contributed by atoms with E-state index in [1.165, 1.54) is 6.07 Å². The number of amides is 1. The van der Waals surface area contributed by atoms with Gasteiger partial charge in [-0.3, -0.25) is 4.79 Å². The van der Waals surface area contributed by atoms with E-state index in [2.05, 4.69) is 5.32 Å². The number of carbonyl (C=O) groups is 1. The van der Waals surface area contributed by atoms with E-state index in [1.807, 2.05) is 0 Å². The lowest BCUT2D eigenvalue weighted by Gasteiger charge is -2.16. The highest BCUT2D eigenvalue weighted by Crippen LogP contribution is 2.16. The summed E-state index contributed by atoms with van der Waals surface area (Å²) >= 11 is 0. The van der Waals surface area contributed by atoms with Gasteiger partial charge in [0.25, 0.3) is 0 Å². The van der Waals surface area contributed by atoms with E-state index in [-0.39, 0.29) is 36.7 Å². The largest absolute Gasteiger partial charge is 0.486 e. The quantitative estimate of drug-likeness (QED) is 0.856. The number of benzene rings is 1. The van der Waals surface area contributed by atoms with Crippen LogP contribution in [0.25, 0.3) is 0 Å². The van der Waals surface area contributed by atoms with E-state index >= 15 is 0 Å². The average molecular weight is 277 g/mol. The van der Waals surface area contributed by atoms with Crippen LogP contribution in [0.15, 0.2) is 24.3 Å². The van der Waals surface area contributed by atoms with Crippen molar-refractivity contribution < 1.29 is 13.9 Å². The summed E-state index contributed by atoms with van der Waals surface area (Å²) < 4.78 is 18.6. The van der Waals surface area contributed by atoms with Crippen LogP contribution < -0.4 is 15.8 Å². The van der Waals surface area contributed by atoms with Gasteiger partial charge in [-0.25, -0.2) is 4.39 Å². The second-order valence-corrected chi connectivity index (χ2v) is 3.89. The van der Waals surface area contributed by atoms with Crippen LogP contribution in [-0.2, 0) is 4.79 Å². The number of nitrogens with two attached hydrogens (primary N) is 1. The van der Waals surface area contributed by atoms with Crippen LogP contribution in [0.4, 0.5) is 4.39 Å². The van der Waals surface area contributed by atoms with E-state index in [9.17, 15) is 9.18 Å². The molecule has 4 nitrogen and oxygen atoms in total. The first-order valence-corrected chi connectivity index (χ1v) is 5.45. The van der Waals surface area contributed by atoms with Gasteiger partial charge >= 0.3 is 0 Å². The molecule has 1 unspecified atom stereocenters. The van der Waals surface area contributed by atoms with E-state index in [0.717, 1.165) is 0 Å². The molecule has 0 aliphatic carbocycles. The summed E-state index contributed by atoms with van der Waals surface area (Å²) in [6.07, 6.45) is -0.324. The van der Waals surface area contributed by atoms with Gasteiger partial charge in [-0.2, -0.15) is 0 Å². The monoisotopic (exact) mass is 276 g/mol. The van der Waals surface area contributed by atoms with Crippen LogP contribution in [0.3, 0.4) is 0 Å². The third kappa shape index (κ3) is 5.33. The summed E-state index contributed by atoms with van der Waals surface area (Å²) in [5.74, 6) is -0.498. The molecular formula is C12H18ClFN2O2. The third-order valence-corrected chi connectivity index (χ3v) is 2.14. The van der Waals surface area contributed by atoms with Crippen molar-refractivity contribution in [3.8, 4) is 5.75 Å². The Balaban J connectivity index is 0.00000289. The maximum absolute atomic E-state index is 13.2. The highest BCUT2D eigenvalue weighted by Gasteiger charge is 2.11. The van der Waals surface area contributed by atoms with Crippen molar-refractivity contribution in [2.75, 3.05) is 6.54 Å². The Labute approximate surface area is 112 Å². The Hall–Kier alpha value is -1.33. The van der Waals surface area contributed by atoms with Crippen LogP contribution >= 0.6 is 12.4 Å². The molecule has 1 amide bonds. The first-order valence-electron chi connectivity index (χ1n) is 5.45. The second kappa shape index (κ2) is 7.89. The van der Waals surface area contributed by atoms with Crippen LogP contribution in [-0.4, -0.2) is 24.6 Å². The van der Waals surface area contributed by atoms with E-state index in [0.29, 0.717) is 0 Å². The van der Waals surface area contributed by atoms with Gasteiger partial charge in [-0.1, -0.05) is 12.1 Å². The van der Waals surface area contributed by atoms with Crippen LogP contribution in [0.5, 0.6) is 5.75 Å². The van der Waals surface area contributed by atoms with Crippen LogP contribution in [0.2, 0.25) is 0 Å². The molecule has 0 bridgehead atoms. The molecule has 0 heterocycles. The van der Waals surface area contributed by atoms with Gasteiger partial charge in [0.05, 0.1) is 12.6 Å². The third-order valence-electron chi connectivity index (χ3n) is 2.14. The fourth-order valence-corrected chi connectivity index (χ4v) is 1.20. The summed E-state index contributed by atoms with van der Waals surface area (Å²) in [5, 5.41) is 2.61. The van der Waals surface area contributed by atoms with Crippen molar-refractivity contribution in [3.05, 3.63) is 30.1 Å². The van der Waals surface area contributed by atoms with E-state index < -0.39 is 11.9 Å². The number of rotatable bonds is 5. The van der Waals surface area contributed by atoms with Gasteiger partial charge in [0.1, 0.15) is 6.10 Å². The number of carbonyl (C=O) groups excluding carboxylic acids is 1. The fourth-order valence-electron chi connectivity index (χ4n) is 1.20. The summed E-state index contributed by atoms with van der Waals surface area (Å²) in [5.41, 5.74) is 5.39. The molecule has 0 aromatic heterocycles. The highest BCUT2D eigenvalue weighted by molar-refractivity contribution is 5.85. The molecule has 1 aromatic rings. The maximum Gasteiger partial charge on any atom is 0.236 e. The first kappa shape index (κ1) is 16.7. The Morgan fingerprint density at radius 2 is 2.06 bits per heavy atom. The summed E-state index contributed by atoms with van der Waals surface area (Å²) in [6, 6.07) is 5.58. The topological polar surface area (TPSA) is 64.4 Å². The molecule has 0 saturated carbocycles. The predicted octanol–water partition coefficient (Wildman–Crippen LogP) is 1.48. The van der Waals surface area contributed by atoms with Gasteiger partial charge in [-0.05, 0) is 26.0 Å². The van der Waals surface area contributed by atoms with Crippen molar-refractivity contribution in [3.63, 3.8) is 0 Å². The van der Waals surface area contributed by atoms with Crippen molar-refractivity contribution in [1.82, 2.24) is 5.32 Å². The lowest BCUT2D eigenvalue weighted by molar-refractivity contribution is -0.122. The van der Waals surface area contributed by atoms with Gasteiger partial charge in [-0.15, -0.1) is 12.4 Å². The van der Waals surface area contributed by atoms with Crippen LogP contribution in [0.1, 0.15) is 13.8 Å². The van der Waals surface area contributed by atoms with Crippen molar-refractivity contribution >= 4 is 18.3 Å². The summed E-state index contributed by atoms with van der Waals surface area (Å²) in [7, 11) is 0. The van der Waals surface area contributed by atoms with Gasteiger partial charge in [0.15, 0.2) is 11.6 Å². The average Bonchev–Trinajstić information content (AvgIpc) is 2.29. The number of nitrogens with one attached hydrogen (secondary N) is 1. The Kier molecular flexibility index (Phi) is 7.31. The number of halogens is 2. The zero-order chi connectivity index (χ0) is 12.8. The molecule has 0 spiro atoms. The van der Waals surface area contributed by atoms with Crippen molar-refractivity contribution in [2.45, 2.75) is 26.0 Å². The Bertz CT molecular complexity index is 388. The van der Waals surface area contributed by atoms with Crippen molar-refractivity contribution in [2.24, 2.45) is 5.73 Å². The molecular weight excluding hydrogens is 259 g/mol. The molecule has 0 fully saturated rings. The highest BCUT2D eigenvalue weighted by atomic mass is 35.5. The van der Waals surface area contributed by atoms with Crippen molar-refractivity contribution in [1.29, 1.82) is 0 Å². The molecule has 3 N–H and O–H groups in total. The lowest BCUT2D eigenvalue weighted by Crippen LogP contribution is -2.42. The minimum Gasteiger partial charge on any atom is -0.486 e. The molecule has 2 atom stereocenters. The zero-order valence-corrected chi connectivity index (χ0v) is 11.2. The molecule has 0 saturated heterocycles. The normalized spacial score (nSPS) is 13.1. The van der Waals surface area contributed by atoms with Gasteiger partial charge in [0.2, 0.25) is 5.91 Å². The minimum absolute atomic E-state index is 0. The molecule has 18 heavy (non-hydrogen) atoms. The number of ether oxygens (including phenoxy) is 1. The molecule has 102 valence electrons. The Morgan fingerprint density at radius 3 is 2.61 bits per heavy atom. The molecule has 0 aliphatic rings. The van der Waals surface area contributed by atoms with E-state index in [1.54, 1.807) is 32.0 Å². The standard InChI is InChI=1S/C12H17FN2O2.ClH/c1-8(7-15-12(16)9(2)14)17-11-6-4-3-5-10(11)13;/h3-6,8-9H,7,14H2,1-2H3,(H,15,16);1H/t8?,9-;/m0./s1. The molecule has 1 rings (SSSR count). The smallest absolute Gasteiger partial charge is 0.236 e. The molecule has 1 aromatic carbocycles. The van der Waals surface area contributed by atoms with Crippen LogP contribution in [0, 0.1) is 5.82 Å². The lowest BCUT2D eigenvalue weighted by atomic mass is 10.3. The number of para-hydroxylation sites is 1. The predicted molar refractivity (Wildman–Crippen MR) is 70.4 cm³/mol. The zero-order valence-electron chi connectivity index (χ0n) is 10.4. The number of hydrogen-bond acceptors (Lipinski definition) is 3. The van der Waals surface area contributed by atoms with Gasteiger partial charge < -0.3 is 15.8 Å². The fraction of sp³-hybridized carbons (Fsp3) is 0.417. The first-order chi connectivity index (χ1) is 8.00. The molecule has 0 radical (unpaired) electrons. The van der Waals surface area contributed by atoms with Gasteiger partial charge in [0, 0.05) is 0 Å². The Morgan fingerprint density at radius 1 is 1.44 bits per heavy atom. The minimum atomic E-state index is -0.560. The summed E-state index contributed by atoms with van der Waals surface area (Å²) in [4.78, 5) is 11.2. The summed E-state index contributed by atoms with van der Waals surface area (Å²) in [6.45, 7) is 3.63. The maximum atomic E-state index is 13.2. The molecule has 6 heteroatoms. The second-order valence-electron chi connectivity index (χ2n) is 3.89.